The first-order valence-electron chi connectivity index (χ1n) is 4.92. The van der Waals surface area contributed by atoms with Gasteiger partial charge in [-0.1, -0.05) is 28.4 Å². The third-order valence-electron chi connectivity index (χ3n) is 2.35. The molecule has 0 saturated carbocycles. The van der Waals surface area contributed by atoms with Gasteiger partial charge in [-0.15, -0.1) is 10.2 Å². The summed E-state index contributed by atoms with van der Waals surface area (Å²) < 4.78 is 4.96. The average Bonchev–Trinajstić information content (AvgIpc) is 2.64. The minimum absolute atomic E-state index is 0.0363. The molecule has 0 saturated heterocycles. The van der Waals surface area contributed by atoms with E-state index < -0.39 is 5.91 Å². The summed E-state index contributed by atoms with van der Waals surface area (Å²) in [5, 5.41) is 13.4. The van der Waals surface area contributed by atoms with Crippen LogP contribution in [0.3, 0.4) is 0 Å². The fraction of sp³-hybridized carbons (Fsp3) is 0.200. The third-order valence-corrected chi connectivity index (χ3v) is 2.81. The molecule has 2 heterocycles. The summed E-state index contributed by atoms with van der Waals surface area (Å²) in [6.07, 6.45) is 0. The number of nitrogens with one attached hydrogen (secondary N) is 1. The van der Waals surface area contributed by atoms with E-state index in [0.717, 1.165) is 5.56 Å². The van der Waals surface area contributed by atoms with Gasteiger partial charge < -0.3 is 4.52 Å². The number of hydrogen-bond acceptors (Lipinski definition) is 5. The maximum Gasteiger partial charge on any atom is 0.261 e. The molecule has 2 aromatic heterocycles. The number of rotatable bonds is 2. The molecule has 8 heteroatoms. The molecule has 0 atom stereocenters. The second kappa shape index (κ2) is 4.91. The first-order valence-corrected chi connectivity index (χ1v) is 5.67. The van der Waals surface area contributed by atoms with Crippen molar-refractivity contribution >= 4 is 35.0 Å². The van der Waals surface area contributed by atoms with Gasteiger partial charge in [-0.25, -0.2) is 0 Å². The summed E-state index contributed by atoms with van der Waals surface area (Å²) in [5.74, 6) is -0.224. The van der Waals surface area contributed by atoms with Crippen LogP contribution in [0.4, 0.5) is 5.88 Å². The Morgan fingerprint density at radius 2 is 2.06 bits per heavy atom. The second-order valence-corrected chi connectivity index (χ2v) is 4.29. The molecular weight excluding hydrogens is 279 g/mol. The van der Waals surface area contributed by atoms with Crippen LogP contribution in [0.5, 0.6) is 0 Å². The molecule has 6 nitrogen and oxygen atoms in total. The molecule has 2 aromatic rings. The normalized spacial score (nSPS) is 10.4. The van der Waals surface area contributed by atoms with Gasteiger partial charge in [-0.2, -0.15) is 0 Å². The van der Waals surface area contributed by atoms with E-state index in [1.54, 1.807) is 13.8 Å². The van der Waals surface area contributed by atoms with Crippen molar-refractivity contribution in [1.29, 1.82) is 0 Å². The quantitative estimate of drug-likeness (QED) is 0.918. The Bertz CT molecular complexity index is 612. The topological polar surface area (TPSA) is 80.9 Å². The molecule has 0 radical (unpaired) electrons. The van der Waals surface area contributed by atoms with Gasteiger partial charge >= 0.3 is 0 Å². The smallest absolute Gasteiger partial charge is 0.261 e. The van der Waals surface area contributed by atoms with Crippen LogP contribution in [-0.4, -0.2) is 21.3 Å². The van der Waals surface area contributed by atoms with Crippen LogP contribution in [0.2, 0.25) is 10.3 Å². The lowest BCUT2D eigenvalue weighted by Gasteiger charge is -2.03. The second-order valence-electron chi connectivity index (χ2n) is 3.55. The first-order chi connectivity index (χ1) is 8.49. The van der Waals surface area contributed by atoms with Gasteiger partial charge in [0.1, 0.15) is 0 Å². The van der Waals surface area contributed by atoms with E-state index in [-0.39, 0.29) is 21.8 Å². The fourth-order valence-corrected chi connectivity index (χ4v) is 1.54. The molecule has 0 bridgehead atoms. The molecule has 0 aromatic carbocycles. The van der Waals surface area contributed by atoms with Crippen molar-refractivity contribution in [2.75, 3.05) is 5.32 Å². The molecule has 0 aliphatic rings. The zero-order chi connectivity index (χ0) is 13.3. The molecule has 2 rings (SSSR count). The van der Waals surface area contributed by atoms with E-state index in [4.69, 9.17) is 27.7 Å². The number of carbonyl (C=O) groups excluding carboxylic acids is 1. The van der Waals surface area contributed by atoms with E-state index >= 15 is 0 Å². The summed E-state index contributed by atoms with van der Waals surface area (Å²) in [6, 6.07) is 1.32. The van der Waals surface area contributed by atoms with Crippen molar-refractivity contribution in [2.45, 2.75) is 13.8 Å². The lowest BCUT2D eigenvalue weighted by Crippen LogP contribution is -2.13. The van der Waals surface area contributed by atoms with Gasteiger partial charge in [-0.3, -0.25) is 10.1 Å². The predicted octanol–water partition coefficient (Wildman–Crippen LogP) is 2.64. The van der Waals surface area contributed by atoms with Gasteiger partial charge in [0.15, 0.2) is 10.3 Å². The molecule has 94 valence electrons. The van der Waals surface area contributed by atoms with Gasteiger partial charge in [-0.05, 0) is 19.9 Å². The van der Waals surface area contributed by atoms with Crippen molar-refractivity contribution in [2.24, 2.45) is 0 Å². The van der Waals surface area contributed by atoms with Crippen LogP contribution < -0.4 is 5.32 Å². The Labute approximate surface area is 112 Å². The van der Waals surface area contributed by atoms with Crippen LogP contribution in [0.1, 0.15) is 21.6 Å². The van der Waals surface area contributed by atoms with Crippen molar-refractivity contribution in [3.8, 4) is 0 Å². The minimum atomic E-state index is -0.490. The largest absolute Gasteiger partial charge is 0.338 e. The summed E-state index contributed by atoms with van der Waals surface area (Å²) in [7, 11) is 0. The standard InChI is InChI=1S/C10H8Cl2N4O2/c1-4-5(2)16-18-10(4)13-9(17)6-3-7(11)14-15-8(6)12/h3H,1-2H3,(H,13,17). The summed E-state index contributed by atoms with van der Waals surface area (Å²) >= 11 is 11.4. The number of amides is 1. The maximum absolute atomic E-state index is 11.9. The van der Waals surface area contributed by atoms with Crippen LogP contribution in [0.25, 0.3) is 0 Å². The third kappa shape index (κ3) is 2.44. The number of nitrogens with zero attached hydrogens (tertiary/aromatic N) is 3. The highest BCUT2D eigenvalue weighted by atomic mass is 35.5. The highest BCUT2D eigenvalue weighted by Gasteiger charge is 2.17. The summed E-state index contributed by atoms with van der Waals surface area (Å²) in [5.41, 5.74) is 1.56. The number of hydrogen-bond donors (Lipinski definition) is 1. The fourth-order valence-electron chi connectivity index (χ4n) is 1.21. The van der Waals surface area contributed by atoms with E-state index in [9.17, 15) is 4.79 Å². The Balaban J connectivity index is 2.27. The zero-order valence-corrected chi connectivity index (χ0v) is 11.0. The Kier molecular flexibility index (Phi) is 3.49. The van der Waals surface area contributed by atoms with Gasteiger partial charge in [0, 0.05) is 5.56 Å². The van der Waals surface area contributed by atoms with Crippen molar-refractivity contribution in [3.05, 3.63) is 33.2 Å². The van der Waals surface area contributed by atoms with Gasteiger partial charge in [0.05, 0.1) is 11.3 Å². The average molecular weight is 287 g/mol. The van der Waals surface area contributed by atoms with Crippen molar-refractivity contribution in [3.63, 3.8) is 0 Å². The SMILES string of the molecule is Cc1noc(NC(=O)c2cc(Cl)nnc2Cl)c1C. The molecule has 0 aliphatic carbocycles. The lowest BCUT2D eigenvalue weighted by molar-refractivity contribution is 0.102. The molecule has 0 fully saturated rings. The monoisotopic (exact) mass is 286 g/mol. The van der Waals surface area contributed by atoms with Crippen LogP contribution >= 0.6 is 23.2 Å². The van der Waals surface area contributed by atoms with Crippen molar-refractivity contribution < 1.29 is 9.32 Å². The maximum atomic E-state index is 11.9. The summed E-state index contributed by atoms with van der Waals surface area (Å²) in [4.78, 5) is 11.9. The molecule has 0 aliphatic heterocycles. The molecule has 0 spiro atoms. The Morgan fingerprint density at radius 1 is 1.33 bits per heavy atom. The Hall–Kier alpha value is -1.66. The molecule has 1 N–H and O–H groups in total. The van der Waals surface area contributed by atoms with E-state index in [0.29, 0.717) is 5.69 Å². The zero-order valence-electron chi connectivity index (χ0n) is 9.49. The lowest BCUT2D eigenvalue weighted by atomic mass is 10.2. The molecule has 1 amide bonds. The minimum Gasteiger partial charge on any atom is -0.338 e. The number of aryl methyl sites for hydroxylation is 1. The molecular formula is C10H8Cl2N4O2. The highest BCUT2D eigenvalue weighted by molar-refractivity contribution is 6.34. The highest BCUT2D eigenvalue weighted by Crippen LogP contribution is 2.21. The number of aromatic nitrogens is 3. The van der Waals surface area contributed by atoms with Crippen LogP contribution in [0.15, 0.2) is 10.6 Å². The van der Waals surface area contributed by atoms with Crippen LogP contribution in [0, 0.1) is 13.8 Å². The molecule has 0 unspecified atom stereocenters. The van der Waals surface area contributed by atoms with E-state index in [1.807, 2.05) is 0 Å². The number of anilines is 1. The summed E-state index contributed by atoms with van der Waals surface area (Å²) in [6.45, 7) is 3.55. The first kappa shape index (κ1) is 12.8. The predicted molar refractivity (Wildman–Crippen MR) is 66.0 cm³/mol. The Morgan fingerprint density at radius 3 is 2.67 bits per heavy atom. The molecule has 18 heavy (non-hydrogen) atoms. The van der Waals surface area contributed by atoms with Crippen molar-refractivity contribution in [1.82, 2.24) is 15.4 Å². The van der Waals surface area contributed by atoms with Gasteiger partial charge in [0.2, 0.25) is 5.88 Å². The number of halogens is 2. The number of carbonyl (C=O) groups is 1. The van der Waals surface area contributed by atoms with E-state index in [2.05, 4.69) is 20.7 Å². The van der Waals surface area contributed by atoms with E-state index in [1.165, 1.54) is 6.07 Å². The van der Waals surface area contributed by atoms with Gasteiger partial charge in [0.25, 0.3) is 5.91 Å². The van der Waals surface area contributed by atoms with Crippen LogP contribution in [-0.2, 0) is 0 Å².